The fourth-order valence-electron chi connectivity index (χ4n) is 2.34. The third-order valence-corrected chi connectivity index (χ3v) is 3.33. The lowest BCUT2D eigenvalue weighted by Gasteiger charge is -2.10. The van der Waals surface area contributed by atoms with Crippen LogP contribution < -0.4 is 4.74 Å². The van der Waals surface area contributed by atoms with E-state index in [2.05, 4.69) is 0 Å². The van der Waals surface area contributed by atoms with Crippen molar-refractivity contribution in [3.63, 3.8) is 0 Å². The van der Waals surface area contributed by atoms with Crippen molar-refractivity contribution < 1.29 is 19.0 Å². The summed E-state index contributed by atoms with van der Waals surface area (Å²) in [7, 11) is 1.65. The Morgan fingerprint density at radius 2 is 2.11 bits per heavy atom. The molecular formula is C15H20O4. The maximum absolute atomic E-state index is 11.4. The van der Waals surface area contributed by atoms with Crippen LogP contribution in [0.15, 0.2) is 24.3 Å². The summed E-state index contributed by atoms with van der Waals surface area (Å²) in [5, 5.41) is 0. The Balaban J connectivity index is 1.88. The predicted octanol–water partition coefficient (Wildman–Crippen LogP) is 2.73. The van der Waals surface area contributed by atoms with Gasteiger partial charge in [-0.25, -0.2) is 0 Å². The third kappa shape index (κ3) is 3.70. The second kappa shape index (κ2) is 6.57. The van der Waals surface area contributed by atoms with Gasteiger partial charge in [0.05, 0.1) is 32.8 Å². The van der Waals surface area contributed by atoms with E-state index in [0.717, 1.165) is 17.7 Å². The Morgan fingerprint density at radius 1 is 1.37 bits per heavy atom. The molecule has 0 bridgehead atoms. The van der Waals surface area contributed by atoms with Crippen molar-refractivity contribution in [3.8, 4) is 5.75 Å². The fourth-order valence-corrected chi connectivity index (χ4v) is 2.34. The Labute approximate surface area is 113 Å². The highest BCUT2D eigenvalue weighted by Gasteiger charge is 2.28. The molecule has 1 fully saturated rings. The highest BCUT2D eigenvalue weighted by Crippen LogP contribution is 2.34. The minimum atomic E-state index is -0.133. The number of methoxy groups -OCH3 is 1. The van der Waals surface area contributed by atoms with Gasteiger partial charge in [0.25, 0.3) is 0 Å². The molecule has 2 unspecified atom stereocenters. The van der Waals surface area contributed by atoms with Crippen molar-refractivity contribution >= 4 is 5.97 Å². The molecule has 0 saturated carbocycles. The van der Waals surface area contributed by atoms with Crippen LogP contribution in [0.25, 0.3) is 0 Å². The highest BCUT2D eigenvalue weighted by atomic mass is 16.5. The average molecular weight is 264 g/mol. The molecule has 1 aromatic carbocycles. The van der Waals surface area contributed by atoms with Crippen LogP contribution in [0.2, 0.25) is 0 Å². The predicted molar refractivity (Wildman–Crippen MR) is 71.0 cm³/mol. The molecule has 4 heteroatoms. The summed E-state index contributed by atoms with van der Waals surface area (Å²) in [6.07, 6.45) is 1.39. The van der Waals surface area contributed by atoms with Crippen molar-refractivity contribution in [2.24, 2.45) is 5.92 Å². The molecule has 0 amide bonds. The molecule has 0 N–H and O–H groups in total. The van der Waals surface area contributed by atoms with Crippen LogP contribution in [0, 0.1) is 5.92 Å². The maximum Gasteiger partial charge on any atom is 0.306 e. The average Bonchev–Trinajstić information content (AvgIpc) is 2.87. The van der Waals surface area contributed by atoms with Crippen molar-refractivity contribution in [1.29, 1.82) is 0 Å². The molecule has 1 aliphatic rings. The first kappa shape index (κ1) is 13.9. The molecule has 4 nitrogen and oxygen atoms in total. The number of rotatable bonds is 5. The minimum absolute atomic E-state index is 0.0744. The number of carbonyl (C=O) groups is 1. The van der Waals surface area contributed by atoms with Crippen LogP contribution in [0.5, 0.6) is 5.75 Å². The zero-order valence-electron chi connectivity index (χ0n) is 11.4. The van der Waals surface area contributed by atoms with E-state index in [1.807, 2.05) is 31.2 Å². The lowest BCUT2D eigenvalue weighted by Crippen LogP contribution is -2.11. The van der Waals surface area contributed by atoms with E-state index in [9.17, 15) is 4.79 Å². The summed E-state index contributed by atoms with van der Waals surface area (Å²) in [6, 6.07) is 7.88. The first-order valence-corrected chi connectivity index (χ1v) is 6.64. The molecular weight excluding hydrogens is 244 g/mol. The van der Waals surface area contributed by atoms with Gasteiger partial charge < -0.3 is 14.2 Å². The second-order valence-corrected chi connectivity index (χ2v) is 4.71. The molecule has 104 valence electrons. The number of esters is 1. The largest absolute Gasteiger partial charge is 0.497 e. The standard InChI is InChI=1S/C15H20O4/c1-3-18-15(16)9-11-8-14(19-10-11)12-4-6-13(17-2)7-5-12/h4-7,11,14H,3,8-10H2,1-2H3. The topological polar surface area (TPSA) is 44.8 Å². The van der Waals surface area contributed by atoms with Crippen molar-refractivity contribution in [1.82, 2.24) is 0 Å². The first-order chi connectivity index (χ1) is 9.22. The number of ether oxygens (including phenoxy) is 3. The van der Waals surface area contributed by atoms with Gasteiger partial charge in [-0.2, -0.15) is 0 Å². The molecule has 0 aliphatic carbocycles. The molecule has 1 heterocycles. The van der Waals surface area contributed by atoms with Gasteiger partial charge in [0.1, 0.15) is 5.75 Å². The summed E-state index contributed by atoms with van der Waals surface area (Å²) < 4.78 is 15.9. The molecule has 0 radical (unpaired) electrons. The highest BCUT2D eigenvalue weighted by molar-refractivity contribution is 5.69. The number of benzene rings is 1. The van der Waals surface area contributed by atoms with E-state index in [4.69, 9.17) is 14.2 Å². The molecule has 1 saturated heterocycles. The second-order valence-electron chi connectivity index (χ2n) is 4.71. The van der Waals surface area contributed by atoms with Crippen molar-refractivity contribution in [2.45, 2.75) is 25.9 Å². The van der Waals surface area contributed by atoms with Crippen LogP contribution in [0.3, 0.4) is 0 Å². The molecule has 1 aromatic rings. The maximum atomic E-state index is 11.4. The first-order valence-electron chi connectivity index (χ1n) is 6.64. The third-order valence-electron chi connectivity index (χ3n) is 3.33. The Hall–Kier alpha value is -1.55. The van der Waals surface area contributed by atoms with Gasteiger partial charge >= 0.3 is 5.97 Å². The molecule has 2 atom stereocenters. The van der Waals surface area contributed by atoms with Gasteiger partial charge in [0.15, 0.2) is 0 Å². The van der Waals surface area contributed by atoms with Crippen LogP contribution in [-0.4, -0.2) is 26.3 Å². The molecule has 19 heavy (non-hydrogen) atoms. The monoisotopic (exact) mass is 264 g/mol. The number of carbonyl (C=O) groups excluding carboxylic acids is 1. The zero-order chi connectivity index (χ0) is 13.7. The Morgan fingerprint density at radius 3 is 2.74 bits per heavy atom. The van der Waals surface area contributed by atoms with Gasteiger partial charge in [-0.05, 0) is 37.0 Å². The lowest BCUT2D eigenvalue weighted by atomic mass is 9.98. The fraction of sp³-hybridized carbons (Fsp3) is 0.533. The number of hydrogen-bond acceptors (Lipinski definition) is 4. The van der Waals surface area contributed by atoms with Crippen molar-refractivity contribution in [3.05, 3.63) is 29.8 Å². The van der Waals surface area contributed by atoms with E-state index in [1.54, 1.807) is 7.11 Å². The summed E-state index contributed by atoms with van der Waals surface area (Å²) in [5.74, 6) is 0.961. The van der Waals surface area contributed by atoms with Crippen LogP contribution in [-0.2, 0) is 14.3 Å². The van der Waals surface area contributed by atoms with Gasteiger partial charge in [-0.3, -0.25) is 4.79 Å². The smallest absolute Gasteiger partial charge is 0.306 e. The van der Waals surface area contributed by atoms with Crippen molar-refractivity contribution in [2.75, 3.05) is 20.3 Å². The zero-order valence-corrected chi connectivity index (χ0v) is 11.4. The minimum Gasteiger partial charge on any atom is -0.497 e. The van der Waals surface area contributed by atoms with Gasteiger partial charge in [-0.1, -0.05) is 12.1 Å². The van der Waals surface area contributed by atoms with E-state index in [-0.39, 0.29) is 18.0 Å². The lowest BCUT2D eigenvalue weighted by molar-refractivity contribution is -0.144. The summed E-state index contributed by atoms with van der Waals surface area (Å²) in [5.41, 5.74) is 1.13. The SMILES string of the molecule is CCOC(=O)CC1COC(c2ccc(OC)cc2)C1. The summed E-state index contributed by atoms with van der Waals surface area (Å²) in [4.78, 5) is 11.4. The molecule has 1 aliphatic heterocycles. The van der Waals surface area contributed by atoms with Crippen LogP contribution >= 0.6 is 0 Å². The van der Waals surface area contributed by atoms with E-state index in [0.29, 0.717) is 19.6 Å². The number of hydrogen-bond donors (Lipinski definition) is 0. The van der Waals surface area contributed by atoms with E-state index >= 15 is 0 Å². The van der Waals surface area contributed by atoms with Gasteiger partial charge in [-0.15, -0.1) is 0 Å². The molecule has 0 spiro atoms. The Bertz CT molecular complexity index is 413. The summed E-state index contributed by atoms with van der Waals surface area (Å²) in [6.45, 7) is 2.88. The van der Waals surface area contributed by atoms with E-state index in [1.165, 1.54) is 0 Å². The van der Waals surface area contributed by atoms with Gasteiger partial charge in [0.2, 0.25) is 0 Å². The Kier molecular flexibility index (Phi) is 4.80. The summed E-state index contributed by atoms with van der Waals surface area (Å²) >= 11 is 0. The van der Waals surface area contributed by atoms with Gasteiger partial charge in [0, 0.05) is 0 Å². The van der Waals surface area contributed by atoms with Crippen LogP contribution in [0.1, 0.15) is 31.4 Å². The molecule has 2 rings (SSSR count). The quantitative estimate of drug-likeness (QED) is 0.767. The van der Waals surface area contributed by atoms with E-state index < -0.39 is 0 Å². The molecule has 0 aromatic heterocycles. The normalized spacial score (nSPS) is 22.2. The van der Waals surface area contributed by atoms with Crippen LogP contribution in [0.4, 0.5) is 0 Å².